The number of nitrogens with two attached hydrogens (primary N) is 1. The summed E-state index contributed by atoms with van der Waals surface area (Å²) in [4.78, 5) is 4.92. The van der Waals surface area contributed by atoms with Crippen LogP contribution in [0.5, 0.6) is 0 Å². The molecule has 102 valence electrons. The van der Waals surface area contributed by atoms with Crippen molar-refractivity contribution in [1.82, 2.24) is 10.1 Å². The first-order valence-corrected chi connectivity index (χ1v) is 7.00. The maximum absolute atomic E-state index is 13.3. The molecule has 0 bridgehead atoms. The standard InChI is InChI=1S/C12H6BrF2N3OS/c13-10-2-1-9(20-10)11-17-12(19-18-11)5-3-6(14)7(15)4-8(5)16/h1-4H,16H2. The molecule has 0 saturated carbocycles. The molecule has 0 radical (unpaired) electrons. The molecular formula is C12H6BrF2N3OS. The van der Waals surface area contributed by atoms with Gasteiger partial charge < -0.3 is 10.3 Å². The van der Waals surface area contributed by atoms with Gasteiger partial charge in [-0.1, -0.05) is 5.16 Å². The molecule has 0 fully saturated rings. The molecule has 0 amide bonds. The van der Waals surface area contributed by atoms with Gasteiger partial charge in [0, 0.05) is 11.8 Å². The Morgan fingerprint density at radius 1 is 1.20 bits per heavy atom. The van der Waals surface area contributed by atoms with E-state index in [1.165, 1.54) is 11.3 Å². The molecule has 0 spiro atoms. The van der Waals surface area contributed by atoms with Crippen LogP contribution in [0.15, 0.2) is 32.6 Å². The summed E-state index contributed by atoms with van der Waals surface area (Å²) in [7, 11) is 0. The van der Waals surface area contributed by atoms with Gasteiger partial charge in [0.15, 0.2) is 11.6 Å². The summed E-state index contributed by atoms with van der Waals surface area (Å²) >= 11 is 4.76. The fourth-order valence-electron chi connectivity index (χ4n) is 1.61. The van der Waals surface area contributed by atoms with E-state index in [1.807, 2.05) is 12.1 Å². The highest BCUT2D eigenvalue weighted by Crippen LogP contribution is 2.32. The van der Waals surface area contributed by atoms with Gasteiger partial charge in [-0.15, -0.1) is 11.3 Å². The van der Waals surface area contributed by atoms with Crippen molar-refractivity contribution >= 4 is 33.0 Å². The second-order valence-corrected chi connectivity index (χ2v) is 6.34. The number of hydrogen-bond donors (Lipinski definition) is 1. The van der Waals surface area contributed by atoms with Crippen molar-refractivity contribution < 1.29 is 13.3 Å². The van der Waals surface area contributed by atoms with Crippen molar-refractivity contribution in [2.75, 3.05) is 5.73 Å². The Labute approximate surface area is 124 Å². The molecule has 20 heavy (non-hydrogen) atoms. The molecule has 3 aromatic rings. The SMILES string of the molecule is Nc1cc(F)c(F)cc1-c1nc(-c2ccc(Br)s2)no1. The number of nitrogen functional groups attached to an aromatic ring is 1. The quantitative estimate of drug-likeness (QED) is 0.701. The summed E-state index contributed by atoms with van der Waals surface area (Å²) < 4.78 is 32.2. The van der Waals surface area contributed by atoms with Crippen LogP contribution in [0.25, 0.3) is 22.2 Å². The average molecular weight is 358 g/mol. The molecule has 3 rings (SSSR count). The highest BCUT2D eigenvalue weighted by atomic mass is 79.9. The van der Waals surface area contributed by atoms with E-state index < -0.39 is 11.6 Å². The van der Waals surface area contributed by atoms with Crippen LogP contribution in [0.1, 0.15) is 0 Å². The Bertz CT molecular complexity index is 787. The number of halogens is 3. The predicted octanol–water partition coefficient (Wildman–Crippen LogP) is 4.09. The van der Waals surface area contributed by atoms with E-state index in [0.29, 0.717) is 5.82 Å². The second kappa shape index (κ2) is 4.95. The lowest BCUT2D eigenvalue weighted by Gasteiger charge is -2.01. The van der Waals surface area contributed by atoms with Crippen LogP contribution in [0, 0.1) is 11.6 Å². The highest BCUT2D eigenvalue weighted by Gasteiger charge is 2.17. The topological polar surface area (TPSA) is 64.9 Å². The fraction of sp³-hybridized carbons (Fsp3) is 0. The summed E-state index contributed by atoms with van der Waals surface area (Å²) in [6.07, 6.45) is 0. The van der Waals surface area contributed by atoms with Crippen molar-refractivity contribution in [2.45, 2.75) is 0 Å². The monoisotopic (exact) mass is 357 g/mol. The molecule has 4 nitrogen and oxygen atoms in total. The van der Waals surface area contributed by atoms with E-state index in [0.717, 1.165) is 20.8 Å². The third-order valence-electron chi connectivity index (χ3n) is 2.54. The molecule has 0 saturated heterocycles. The molecule has 2 N–H and O–H groups in total. The number of rotatable bonds is 2. The zero-order valence-corrected chi connectivity index (χ0v) is 12.1. The number of hydrogen-bond acceptors (Lipinski definition) is 5. The summed E-state index contributed by atoms with van der Waals surface area (Å²) in [5.74, 6) is -1.64. The van der Waals surface area contributed by atoms with Crippen LogP contribution in [0.2, 0.25) is 0 Å². The first-order valence-electron chi connectivity index (χ1n) is 5.39. The molecule has 1 aromatic carbocycles. The van der Waals surface area contributed by atoms with Crippen LogP contribution < -0.4 is 5.73 Å². The summed E-state index contributed by atoms with van der Waals surface area (Å²) in [6, 6.07) is 5.49. The van der Waals surface area contributed by atoms with Gasteiger partial charge >= 0.3 is 0 Å². The van der Waals surface area contributed by atoms with Gasteiger partial charge in [0.1, 0.15) is 0 Å². The first kappa shape index (κ1) is 13.2. The average Bonchev–Trinajstić information content (AvgIpc) is 3.02. The van der Waals surface area contributed by atoms with Gasteiger partial charge in [0.05, 0.1) is 14.2 Å². The van der Waals surface area contributed by atoms with Crippen molar-refractivity contribution in [3.05, 3.63) is 39.7 Å². The zero-order chi connectivity index (χ0) is 14.3. The number of thiophene rings is 1. The molecule has 0 aliphatic heterocycles. The minimum Gasteiger partial charge on any atom is -0.398 e. The van der Waals surface area contributed by atoms with E-state index in [9.17, 15) is 8.78 Å². The van der Waals surface area contributed by atoms with Gasteiger partial charge in [0.2, 0.25) is 5.82 Å². The van der Waals surface area contributed by atoms with Gasteiger partial charge in [0.25, 0.3) is 5.89 Å². The largest absolute Gasteiger partial charge is 0.398 e. The Balaban J connectivity index is 2.04. The van der Waals surface area contributed by atoms with Crippen LogP contribution in [0.3, 0.4) is 0 Å². The van der Waals surface area contributed by atoms with Crippen LogP contribution in [-0.4, -0.2) is 10.1 Å². The molecule has 0 aliphatic rings. The lowest BCUT2D eigenvalue weighted by atomic mass is 10.1. The lowest BCUT2D eigenvalue weighted by Crippen LogP contribution is -1.94. The summed E-state index contributed by atoms with van der Waals surface area (Å²) in [5, 5.41) is 3.80. The Hall–Kier alpha value is -1.80. The van der Waals surface area contributed by atoms with Gasteiger partial charge in [-0.25, -0.2) is 8.78 Å². The molecular weight excluding hydrogens is 352 g/mol. The summed E-state index contributed by atoms with van der Waals surface area (Å²) in [5.41, 5.74) is 5.83. The van der Waals surface area contributed by atoms with Gasteiger partial charge in [-0.3, -0.25) is 0 Å². The van der Waals surface area contributed by atoms with E-state index in [1.54, 1.807) is 0 Å². The van der Waals surface area contributed by atoms with E-state index in [4.69, 9.17) is 10.3 Å². The molecule has 0 unspecified atom stereocenters. The van der Waals surface area contributed by atoms with Crippen molar-refractivity contribution in [2.24, 2.45) is 0 Å². The van der Waals surface area contributed by atoms with Crippen molar-refractivity contribution in [3.8, 4) is 22.2 Å². The van der Waals surface area contributed by atoms with E-state index in [-0.39, 0.29) is 17.1 Å². The maximum atomic E-state index is 13.3. The van der Waals surface area contributed by atoms with Gasteiger partial charge in [-0.2, -0.15) is 4.98 Å². The molecule has 8 heteroatoms. The number of nitrogens with zero attached hydrogens (tertiary/aromatic N) is 2. The summed E-state index contributed by atoms with van der Waals surface area (Å²) in [6.45, 7) is 0. The molecule has 0 aliphatic carbocycles. The van der Waals surface area contributed by atoms with Gasteiger partial charge in [-0.05, 0) is 34.1 Å². The minimum atomic E-state index is -1.02. The third-order valence-corrected chi connectivity index (χ3v) is 4.16. The number of benzene rings is 1. The molecule has 2 aromatic heterocycles. The van der Waals surface area contributed by atoms with E-state index in [2.05, 4.69) is 26.1 Å². The molecule has 0 atom stereocenters. The van der Waals surface area contributed by atoms with Crippen LogP contribution in [-0.2, 0) is 0 Å². The predicted molar refractivity (Wildman–Crippen MR) is 75.1 cm³/mol. The molecule has 2 heterocycles. The van der Waals surface area contributed by atoms with Crippen LogP contribution >= 0.6 is 27.3 Å². The van der Waals surface area contributed by atoms with E-state index >= 15 is 0 Å². The lowest BCUT2D eigenvalue weighted by molar-refractivity contribution is 0.432. The number of anilines is 1. The Kier molecular flexibility index (Phi) is 3.27. The fourth-order valence-corrected chi connectivity index (χ4v) is 2.93. The minimum absolute atomic E-state index is 0.0338. The van der Waals surface area contributed by atoms with Crippen molar-refractivity contribution in [3.63, 3.8) is 0 Å². The third kappa shape index (κ3) is 2.32. The maximum Gasteiger partial charge on any atom is 0.260 e. The smallest absolute Gasteiger partial charge is 0.260 e. The zero-order valence-electron chi connectivity index (χ0n) is 9.73. The Morgan fingerprint density at radius 3 is 2.65 bits per heavy atom. The van der Waals surface area contributed by atoms with Crippen LogP contribution in [0.4, 0.5) is 14.5 Å². The highest BCUT2D eigenvalue weighted by molar-refractivity contribution is 9.11. The first-order chi connectivity index (χ1) is 9.54. The number of aromatic nitrogens is 2. The van der Waals surface area contributed by atoms with Crippen molar-refractivity contribution in [1.29, 1.82) is 0 Å². The normalized spacial score (nSPS) is 10.9. The Morgan fingerprint density at radius 2 is 1.95 bits per heavy atom. The second-order valence-electron chi connectivity index (χ2n) is 3.88.